The van der Waals surface area contributed by atoms with Crippen LogP contribution in [0.4, 0.5) is 18.9 Å². The monoisotopic (exact) mass is 436 g/mol. The summed E-state index contributed by atoms with van der Waals surface area (Å²) in [5.74, 6) is -0.807. The lowest BCUT2D eigenvalue weighted by molar-refractivity contribution is -0.274. The molecule has 0 saturated carbocycles. The van der Waals surface area contributed by atoms with Gasteiger partial charge in [-0.25, -0.2) is 4.90 Å². The molecule has 0 aliphatic rings. The van der Waals surface area contributed by atoms with Crippen LogP contribution in [-0.2, 0) is 11.2 Å². The number of carbonyl (C=O) groups is 1. The molecular formula is C20H19F3N4O2S. The lowest BCUT2D eigenvalue weighted by Crippen LogP contribution is -2.49. The summed E-state index contributed by atoms with van der Waals surface area (Å²) in [6, 6.07) is 13.4. The average molecular weight is 436 g/mol. The molecule has 1 atom stereocenters. The molecule has 0 bridgehead atoms. The van der Waals surface area contributed by atoms with E-state index in [9.17, 15) is 23.2 Å². The second-order valence-electron chi connectivity index (χ2n) is 6.10. The Morgan fingerprint density at radius 2 is 1.83 bits per heavy atom. The number of amides is 1. The van der Waals surface area contributed by atoms with Crippen LogP contribution in [0.5, 0.6) is 5.75 Å². The Balaban J connectivity index is 2.08. The van der Waals surface area contributed by atoms with Gasteiger partial charge in [-0.2, -0.15) is 5.26 Å². The first-order valence-corrected chi connectivity index (χ1v) is 9.31. The lowest BCUT2D eigenvalue weighted by Gasteiger charge is -2.23. The molecule has 2 aromatic carbocycles. The maximum atomic E-state index is 12.7. The molecular weight excluding hydrogens is 417 g/mol. The summed E-state index contributed by atoms with van der Waals surface area (Å²) in [5.41, 5.74) is 1.27. The second-order valence-corrected chi connectivity index (χ2v) is 6.50. The molecule has 0 spiro atoms. The molecule has 6 nitrogen and oxygen atoms in total. The number of carbonyl (C=O) groups excluding carboxylic acids is 1. The Bertz CT molecular complexity index is 899. The number of benzene rings is 2. The van der Waals surface area contributed by atoms with Gasteiger partial charge in [-0.15, -0.1) is 13.2 Å². The molecule has 0 aliphatic carbocycles. The molecule has 0 aromatic heterocycles. The number of hydrogen-bond acceptors (Lipinski definition) is 4. The number of rotatable bonds is 7. The third kappa shape index (κ3) is 7.25. The molecule has 1 unspecified atom stereocenters. The van der Waals surface area contributed by atoms with Gasteiger partial charge in [0, 0.05) is 18.7 Å². The number of halogens is 3. The van der Waals surface area contributed by atoms with Crippen molar-refractivity contribution in [2.75, 3.05) is 11.9 Å². The van der Waals surface area contributed by atoms with Crippen molar-refractivity contribution in [3.05, 3.63) is 60.2 Å². The minimum atomic E-state index is -4.78. The predicted octanol–water partition coefficient (Wildman–Crippen LogP) is 3.81. The highest BCUT2D eigenvalue weighted by atomic mass is 32.1. The van der Waals surface area contributed by atoms with Gasteiger partial charge in [-0.1, -0.05) is 30.3 Å². The van der Waals surface area contributed by atoms with E-state index in [1.165, 1.54) is 12.1 Å². The molecule has 0 aliphatic heterocycles. The zero-order chi connectivity index (χ0) is 22.1. The molecule has 2 N–H and O–H groups in total. The van der Waals surface area contributed by atoms with E-state index in [0.717, 1.165) is 22.6 Å². The zero-order valence-corrected chi connectivity index (χ0v) is 16.8. The first kappa shape index (κ1) is 23.0. The van der Waals surface area contributed by atoms with E-state index < -0.39 is 18.3 Å². The van der Waals surface area contributed by atoms with Crippen LogP contribution in [0, 0.1) is 11.5 Å². The molecule has 0 radical (unpaired) electrons. The Labute approximate surface area is 177 Å². The summed E-state index contributed by atoms with van der Waals surface area (Å²) in [6.07, 6.45) is -2.65. The van der Waals surface area contributed by atoms with E-state index >= 15 is 0 Å². The Hall–Kier alpha value is -3.32. The summed E-state index contributed by atoms with van der Waals surface area (Å²) >= 11 is 5.24. The largest absolute Gasteiger partial charge is 0.573 e. The Kier molecular flexibility index (Phi) is 8.00. The maximum Gasteiger partial charge on any atom is 0.573 e. The maximum absolute atomic E-state index is 12.7. The van der Waals surface area contributed by atoms with Gasteiger partial charge < -0.3 is 15.4 Å². The van der Waals surface area contributed by atoms with Crippen molar-refractivity contribution in [3.8, 4) is 11.9 Å². The van der Waals surface area contributed by atoms with Crippen molar-refractivity contribution < 1.29 is 22.7 Å². The lowest BCUT2D eigenvalue weighted by atomic mass is 10.1. The zero-order valence-electron chi connectivity index (χ0n) is 15.9. The average Bonchev–Trinajstić information content (AvgIpc) is 2.69. The van der Waals surface area contributed by atoms with E-state index in [1.807, 2.05) is 36.5 Å². The van der Waals surface area contributed by atoms with E-state index in [0.29, 0.717) is 5.69 Å². The summed E-state index contributed by atoms with van der Waals surface area (Å²) in [5, 5.41) is 15.0. The van der Waals surface area contributed by atoms with Gasteiger partial charge in [-0.3, -0.25) is 4.79 Å². The molecule has 2 rings (SSSR count). The first-order valence-electron chi connectivity index (χ1n) is 8.90. The number of alkyl halides is 3. The molecule has 10 heteroatoms. The third-order valence-corrected chi connectivity index (χ3v) is 4.15. The van der Waals surface area contributed by atoms with Crippen molar-refractivity contribution in [1.82, 2.24) is 10.2 Å². The number of nitrogens with zero attached hydrogens (tertiary/aromatic N) is 2. The fraction of sp³-hybridized carbons (Fsp3) is 0.250. The predicted molar refractivity (Wildman–Crippen MR) is 109 cm³/mol. The standard InChI is InChI=1S/C20H19F3N4O2S/c1-2-27(13-24)18(28)17(12-14-6-4-3-5-7-14)26-19(30)25-15-8-10-16(11-9-15)29-20(21,22)23/h3-11,17H,2,12H2,1H3,(H2,25,26,30). The van der Waals surface area contributed by atoms with Crippen LogP contribution < -0.4 is 15.4 Å². The number of ether oxygens (including phenoxy) is 1. The molecule has 1 amide bonds. The van der Waals surface area contributed by atoms with Crippen LogP contribution in [0.15, 0.2) is 54.6 Å². The van der Waals surface area contributed by atoms with Crippen LogP contribution >= 0.6 is 12.2 Å². The molecule has 158 valence electrons. The van der Waals surface area contributed by atoms with Crippen molar-refractivity contribution in [1.29, 1.82) is 5.26 Å². The molecule has 0 saturated heterocycles. The Morgan fingerprint density at radius 1 is 1.20 bits per heavy atom. The van der Waals surface area contributed by atoms with Crippen molar-refractivity contribution in [2.24, 2.45) is 0 Å². The highest BCUT2D eigenvalue weighted by molar-refractivity contribution is 7.80. The van der Waals surface area contributed by atoms with E-state index in [2.05, 4.69) is 15.4 Å². The van der Waals surface area contributed by atoms with Crippen LogP contribution in [0.1, 0.15) is 12.5 Å². The number of likely N-dealkylation sites (N-methyl/N-ethyl adjacent to an activating group) is 1. The summed E-state index contributed by atoms with van der Waals surface area (Å²) < 4.78 is 40.6. The van der Waals surface area contributed by atoms with Crippen LogP contribution in [0.2, 0.25) is 0 Å². The van der Waals surface area contributed by atoms with Crippen LogP contribution in [-0.4, -0.2) is 34.9 Å². The SMILES string of the molecule is CCN(C#N)C(=O)C(Cc1ccccc1)NC(=S)Nc1ccc(OC(F)(F)F)cc1. The molecule has 2 aromatic rings. The van der Waals surface area contributed by atoms with E-state index in [-0.39, 0.29) is 23.8 Å². The topological polar surface area (TPSA) is 77.4 Å². The number of hydrogen-bond donors (Lipinski definition) is 2. The Morgan fingerprint density at radius 3 is 2.37 bits per heavy atom. The van der Waals surface area contributed by atoms with Gasteiger partial charge >= 0.3 is 6.36 Å². The van der Waals surface area contributed by atoms with Gasteiger partial charge in [0.1, 0.15) is 11.8 Å². The number of thiocarbonyl (C=S) groups is 1. The smallest absolute Gasteiger partial charge is 0.406 e. The van der Waals surface area contributed by atoms with Gasteiger partial charge in [0.15, 0.2) is 11.3 Å². The van der Waals surface area contributed by atoms with Gasteiger partial charge in [0.2, 0.25) is 0 Å². The summed E-state index contributed by atoms with van der Waals surface area (Å²) in [7, 11) is 0. The van der Waals surface area contributed by atoms with Crippen LogP contribution in [0.25, 0.3) is 0 Å². The minimum Gasteiger partial charge on any atom is -0.406 e. The van der Waals surface area contributed by atoms with Gasteiger partial charge in [-0.05, 0) is 49.0 Å². The molecule has 0 fully saturated rings. The van der Waals surface area contributed by atoms with Crippen molar-refractivity contribution in [3.63, 3.8) is 0 Å². The normalized spacial score (nSPS) is 11.7. The fourth-order valence-electron chi connectivity index (χ4n) is 2.58. The number of nitriles is 1. The van der Waals surface area contributed by atoms with E-state index in [1.54, 1.807) is 6.92 Å². The van der Waals surface area contributed by atoms with Gasteiger partial charge in [0.05, 0.1) is 0 Å². The van der Waals surface area contributed by atoms with Crippen molar-refractivity contribution >= 4 is 28.9 Å². The van der Waals surface area contributed by atoms with Crippen LogP contribution in [0.3, 0.4) is 0 Å². The minimum absolute atomic E-state index is 0.0859. The number of nitrogens with one attached hydrogen (secondary N) is 2. The fourth-order valence-corrected chi connectivity index (χ4v) is 2.84. The first-order chi connectivity index (χ1) is 14.2. The highest BCUT2D eigenvalue weighted by Crippen LogP contribution is 2.24. The third-order valence-electron chi connectivity index (χ3n) is 3.93. The summed E-state index contributed by atoms with van der Waals surface area (Å²) in [4.78, 5) is 13.7. The second kappa shape index (κ2) is 10.5. The molecule has 0 heterocycles. The van der Waals surface area contributed by atoms with Gasteiger partial charge in [0.25, 0.3) is 5.91 Å². The number of anilines is 1. The van der Waals surface area contributed by atoms with E-state index in [4.69, 9.17) is 12.2 Å². The molecule has 30 heavy (non-hydrogen) atoms. The van der Waals surface area contributed by atoms with Crippen molar-refractivity contribution in [2.45, 2.75) is 25.7 Å². The quantitative estimate of drug-likeness (QED) is 0.391. The summed E-state index contributed by atoms with van der Waals surface area (Å²) in [6.45, 7) is 1.89. The highest BCUT2D eigenvalue weighted by Gasteiger charge is 2.31.